The molecule has 1 aliphatic heterocycles. The van der Waals surface area contributed by atoms with Crippen molar-refractivity contribution in [3.05, 3.63) is 29.8 Å². The van der Waals surface area contributed by atoms with Crippen LogP contribution in [-0.2, 0) is 11.3 Å². The van der Waals surface area contributed by atoms with Gasteiger partial charge >= 0.3 is 0 Å². The molecule has 0 unspecified atom stereocenters. The van der Waals surface area contributed by atoms with E-state index in [4.69, 9.17) is 9.73 Å². The molecule has 2 fully saturated rings. The molecule has 29 heavy (non-hydrogen) atoms. The van der Waals surface area contributed by atoms with Crippen LogP contribution in [-0.4, -0.2) is 74.6 Å². The standard InChI is InChI=1S/C21H33N5O2.HI/c1-25(2)20(27)15-23-21(22-14-16-4-8-19(28-3)9-5-16)24-17-10-12-26(13-11-17)18-6-7-18;/h4-5,8-9,17-18H,6-7,10-15H2,1-3H3,(H2,22,23,24);1H. The topological polar surface area (TPSA) is 69.2 Å². The fourth-order valence-corrected chi connectivity index (χ4v) is 3.41. The van der Waals surface area contributed by atoms with Gasteiger partial charge in [-0.15, -0.1) is 24.0 Å². The van der Waals surface area contributed by atoms with Crippen molar-refractivity contribution in [3.8, 4) is 5.75 Å². The van der Waals surface area contributed by atoms with Gasteiger partial charge in [0.15, 0.2) is 5.96 Å². The van der Waals surface area contributed by atoms with Crippen LogP contribution in [0, 0.1) is 0 Å². The molecule has 0 atom stereocenters. The molecule has 2 N–H and O–H groups in total. The third-order valence-corrected chi connectivity index (χ3v) is 5.42. The monoisotopic (exact) mass is 515 g/mol. The molecule has 1 saturated heterocycles. The number of guanidine groups is 1. The number of benzene rings is 1. The Morgan fingerprint density at radius 2 is 1.83 bits per heavy atom. The normalized spacial score (nSPS) is 18.0. The zero-order chi connectivity index (χ0) is 19.9. The van der Waals surface area contributed by atoms with Crippen LogP contribution < -0.4 is 15.4 Å². The van der Waals surface area contributed by atoms with Crippen molar-refractivity contribution in [1.82, 2.24) is 20.4 Å². The molecular weight excluding hydrogens is 481 g/mol. The fraction of sp³-hybridized carbons (Fsp3) is 0.619. The second kappa shape index (κ2) is 11.6. The lowest BCUT2D eigenvalue weighted by Gasteiger charge is -2.33. The Balaban J connectivity index is 0.00000300. The van der Waals surface area contributed by atoms with Gasteiger partial charge in [0.1, 0.15) is 5.75 Å². The Kier molecular flexibility index (Phi) is 9.48. The number of nitrogens with zero attached hydrogens (tertiary/aromatic N) is 3. The molecule has 1 aromatic rings. The van der Waals surface area contributed by atoms with Crippen LogP contribution in [0.5, 0.6) is 5.75 Å². The molecule has 1 amide bonds. The molecule has 0 radical (unpaired) electrons. The van der Waals surface area contributed by atoms with Gasteiger partial charge in [-0.05, 0) is 43.4 Å². The zero-order valence-corrected chi connectivity index (χ0v) is 20.0. The van der Waals surface area contributed by atoms with Crippen molar-refractivity contribution in [2.75, 3.05) is 40.8 Å². The van der Waals surface area contributed by atoms with Crippen molar-refractivity contribution in [2.24, 2.45) is 4.99 Å². The number of nitrogens with one attached hydrogen (secondary N) is 2. The first kappa shape index (κ1) is 23.7. The van der Waals surface area contributed by atoms with Crippen molar-refractivity contribution in [2.45, 2.75) is 44.3 Å². The lowest BCUT2D eigenvalue weighted by Crippen LogP contribution is -2.50. The number of piperidine rings is 1. The maximum absolute atomic E-state index is 12.0. The van der Waals surface area contributed by atoms with Gasteiger partial charge in [0.25, 0.3) is 0 Å². The predicted molar refractivity (Wildman–Crippen MR) is 127 cm³/mol. The summed E-state index contributed by atoms with van der Waals surface area (Å²) in [6, 6.07) is 9.13. The number of likely N-dealkylation sites (tertiary alicyclic amines) is 1. The third-order valence-electron chi connectivity index (χ3n) is 5.42. The van der Waals surface area contributed by atoms with Crippen LogP contribution >= 0.6 is 24.0 Å². The maximum Gasteiger partial charge on any atom is 0.241 e. The van der Waals surface area contributed by atoms with E-state index < -0.39 is 0 Å². The van der Waals surface area contributed by atoms with E-state index in [9.17, 15) is 4.79 Å². The number of amides is 1. The Labute approximate surface area is 191 Å². The Morgan fingerprint density at radius 3 is 2.38 bits per heavy atom. The molecule has 2 aliphatic rings. The van der Waals surface area contributed by atoms with Gasteiger partial charge in [0, 0.05) is 39.3 Å². The molecule has 0 bridgehead atoms. The third kappa shape index (κ3) is 7.65. The second-order valence-corrected chi connectivity index (χ2v) is 7.84. The number of aliphatic imine (C=N–C) groups is 1. The SMILES string of the molecule is COc1ccc(CN=C(NCC(=O)N(C)C)NC2CCN(C3CC3)CC2)cc1.I. The van der Waals surface area contributed by atoms with E-state index in [1.54, 1.807) is 26.1 Å². The summed E-state index contributed by atoms with van der Waals surface area (Å²) in [6.45, 7) is 3.08. The minimum atomic E-state index is 0. The highest BCUT2D eigenvalue weighted by Gasteiger charge is 2.31. The number of ether oxygens (including phenoxy) is 1. The molecule has 0 aromatic heterocycles. The smallest absolute Gasteiger partial charge is 0.241 e. The minimum Gasteiger partial charge on any atom is -0.497 e. The Bertz CT molecular complexity index is 668. The molecule has 1 heterocycles. The largest absolute Gasteiger partial charge is 0.497 e. The highest BCUT2D eigenvalue weighted by atomic mass is 127. The van der Waals surface area contributed by atoms with Crippen molar-refractivity contribution < 1.29 is 9.53 Å². The number of hydrogen-bond acceptors (Lipinski definition) is 4. The number of rotatable bonds is 7. The van der Waals surface area contributed by atoms with E-state index in [2.05, 4.69) is 15.5 Å². The van der Waals surface area contributed by atoms with Crippen molar-refractivity contribution in [3.63, 3.8) is 0 Å². The first-order valence-electron chi connectivity index (χ1n) is 10.2. The molecule has 0 spiro atoms. The molecule has 162 valence electrons. The molecule has 1 aromatic carbocycles. The van der Waals surface area contributed by atoms with E-state index in [1.165, 1.54) is 12.8 Å². The average molecular weight is 515 g/mol. The first-order valence-corrected chi connectivity index (χ1v) is 10.2. The number of carbonyl (C=O) groups excluding carboxylic acids is 1. The number of hydrogen-bond donors (Lipinski definition) is 2. The Morgan fingerprint density at radius 1 is 1.17 bits per heavy atom. The summed E-state index contributed by atoms with van der Waals surface area (Å²) in [5, 5.41) is 6.74. The molecule has 1 aliphatic carbocycles. The summed E-state index contributed by atoms with van der Waals surface area (Å²) in [5.74, 6) is 1.57. The fourth-order valence-electron chi connectivity index (χ4n) is 3.41. The van der Waals surface area contributed by atoms with Gasteiger partial charge in [0.05, 0.1) is 20.2 Å². The van der Waals surface area contributed by atoms with E-state index in [0.29, 0.717) is 18.5 Å². The summed E-state index contributed by atoms with van der Waals surface area (Å²) in [5.41, 5.74) is 1.10. The Hall–Kier alpha value is -1.55. The van der Waals surface area contributed by atoms with E-state index in [0.717, 1.165) is 43.3 Å². The summed E-state index contributed by atoms with van der Waals surface area (Å²) in [4.78, 5) is 20.9. The molecule has 1 saturated carbocycles. The van der Waals surface area contributed by atoms with E-state index in [-0.39, 0.29) is 36.4 Å². The van der Waals surface area contributed by atoms with E-state index in [1.807, 2.05) is 24.3 Å². The van der Waals surface area contributed by atoms with Crippen LogP contribution in [0.25, 0.3) is 0 Å². The second-order valence-electron chi connectivity index (χ2n) is 7.84. The van der Waals surface area contributed by atoms with Gasteiger partial charge in [-0.2, -0.15) is 0 Å². The van der Waals surface area contributed by atoms with Crippen molar-refractivity contribution >= 4 is 35.8 Å². The van der Waals surface area contributed by atoms with Crippen LogP contribution in [0.1, 0.15) is 31.2 Å². The first-order chi connectivity index (χ1) is 13.5. The van der Waals surface area contributed by atoms with Crippen molar-refractivity contribution in [1.29, 1.82) is 0 Å². The lowest BCUT2D eigenvalue weighted by molar-refractivity contribution is -0.127. The molecule has 8 heteroatoms. The lowest BCUT2D eigenvalue weighted by atomic mass is 10.1. The number of halogens is 1. The maximum atomic E-state index is 12.0. The average Bonchev–Trinajstić information content (AvgIpc) is 3.56. The van der Waals surface area contributed by atoms with Gasteiger partial charge < -0.3 is 25.2 Å². The molecule has 7 nitrogen and oxygen atoms in total. The van der Waals surface area contributed by atoms with E-state index >= 15 is 0 Å². The predicted octanol–water partition coefficient (Wildman–Crippen LogP) is 2.06. The zero-order valence-electron chi connectivity index (χ0n) is 17.7. The summed E-state index contributed by atoms with van der Waals surface area (Å²) in [7, 11) is 5.19. The quantitative estimate of drug-likeness (QED) is 0.331. The van der Waals surface area contributed by atoms with Gasteiger partial charge in [-0.25, -0.2) is 4.99 Å². The van der Waals surface area contributed by atoms with Crippen LogP contribution in [0.2, 0.25) is 0 Å². The highest BCUT2D eigenvalue weighted by molar-refractivity contribution is 14.0. The number of methoxy groups -OCH3 is 1. The van der Waals surface area contributed by atoms with Crippen LogP contribution in [0.15, 0.2) is 29.3 Å². The molecule has 3 rings (SSSR count). The van der Waals surface area contributed by atoms with Crippen LogP contribution in [0.4, 0.5) is 0 Å². The summed E-state index contributed by atoms with van der Waals surface area (Å²) in [6.07, 6.45) is 4.95. The van der Waals surface area contributed by atoms with Gasteiger partial charge in [-0.1, -0.05) is 12.1 Å². The number of carbonyl (C=O) groups is 1. The summed E-state index contributed by atoms with van der Waals surface area (Å²) < 4.78 is 5.21. The van der Waals surface area contributed by atoms with Gasteiger partial charge in [-0.3, -0.25) is 4.79 Å². The van der Waals surface area contributed by atoms with Crippen LogP contribution in [0.3, 0.4) is 0 Å². The highest BCUT2D eigenvalue weighted by Crippen LogP contribution is 2.29. The minimum absolute atomic E-state index is 0. The summed E-state index contributed by atoms with van der Waals surface area (Å²) >= 11 is 0. The number of likely N-dealkylation sites (N-methyl/N-ethyl adjacent to an activating group) is 1. The van der Waals surface area contributed by atoms with Gasteiger partial charge in [0.2, 0.25) is 5.91 Å². The molecular formula is C21H34IN5O2.